The summed E-state index contributed by atoms with van der Waals surface area (Å²) in [6.45, 7) is 10.7. The number of imidazole rings is 2. The molecule has 9 unspecified atom stereocenters. The van der Waals surface area contributed by atoms with Gasteiger partial charge in [0.05, 0.1) is 61.8 Å². The number of aliphatic hydroxyl groups excluding tert-OH is 1. The van der Waals surface area contributed by atoms with Crippen molar-refractivity contribution in [1.82, 2.24) is 40.0 Å². The van der Waals surface area contributed by atoms with Gasteiger partial charge in [-0.05, 0) is 80.7 Å². The van der Waals surface area contributed by atoms with Crippen LogP contribution in [-0.2, 0) is 19.1 Å². The highest BCUT2D eigenvalue weighted by atomic mass is 19.1. The van der Waals surface area contributed by atoms with Gasteiger partial charge in [-0.3, -0.25) is 14.5 Å². The molecule has 1 aromatic carbocycles. The molecule has 16 heteroatoms. The standard InChI is InChI=1S/C48H61FN8O7/c1-25(2)30(10-8-12-41(58)62-6)45(59)55-17-9-11-36(55)43-50-22-34(52-43)28-13-14-32-38-21-48-20-33(48)31(15-16-40(48)57(38)27(5)64-39(32)18-28)35-23-51-44(53-35)37-19-29(49)24-56(37)46(60)42(26(3)4)54-47(61)63-7/h13-16,18,21-23,25-27,29-30,33,36-37,42,46,60H,8-12,17,19-20,24H2,1-7H3,(H,50,52)(H,51,53)(H,54,61). The number of aromatic nitrogens is 4. The highest BCUT2D eigenvalue weighted by Crippen LogP contribution is 2.71. The van der Waals surface area contributed by atoms with Crippen molar-refractivity contribution in [3.63, 3.8) is 0 Å². The molecule has 3 aromatic rings. The van der Waals surface area contributed by atoms with E-state index in [0.29, 0.717) is 31.6 Å². The van der Waals surface area contributed by atoms with Crippen LogP contribution in [0.4, 0.5) is 9.18 Å². The molecule has 0 radical (unpaired) electrons. The number of likely N-dealkylation sites (tertiary alicyclic amines) is 2. The zero-order valence-corrected chi connectivity index (χ0v) is 37.8. The molecule has 9 rings (SSSR count). The molecule has 1 spiro atoms. The Hall–Kier alpha value is -5.48. The van der Waals surface area contributed by atoms with Crippen LogP contribution >= 0.6 is 0 Å². The van der Waals surface area contributed by atoms with Gasteiger partial charge in [0.1, 0.15) is 29.8 Å². The summed E-state index contributed by atoms with van der Waals surface area (Å²) in [5.41, 5.74) is 6.96. The zero-order chi connectivity index (χ0) is 45.2. The second-order valence-electron chi connectivity index (χ2n) is 19.0. The van der Waals surface area contributed by atoms with E-state index in [1.54, 1.807) is 4.90 Å². The maximum atomic E-state index is 15.0. The topological polar surface area (TPSA) is 178 Å². The monoisotopic (exact) mass is 880 g/mol. The summed E-state index contributed by atoms with van der Waals surface area (Å²) in [5.74, 6) is 2.05. The number of aliphatic hydroxyl groups is 1. The van der Waals surface area contributed by atoms with Crippen LogP contribution < -0.4 is 10.1 Å². The molecule has 64 heavy (non-hydrogen) atoms. The molecule has 1 saturated carbocycles. The van der Waals surface area contributed by atoms with Crippen molar-refractivity contribution in [3.8, 4) is 17.0 Å². The Morgan fingerprint density at radius 2 is 1.78 bits per heavy atom. The minimum absolute atomic E-state index is 0.0209. The van der Waals surface area contributed by atoms with Gasteiger partial charge < -0.3 is 44.4 Å². The number of benzene rings is 1. The number of hydrogen-bond donors (Lipinski definition) is 4. The van der Waals surface area contributed by atoms with E-state index < -0.39 is 30.6 Å². The lowest BCUT2D eigenvalue weighted by Gasteiger charge is -2.38. The van der Waals surface area contributed by atoms with Gasteiger partial charge >= 0.3 is 12.1 Å². The minimum atomic E-state index is -1.16. The number of carbonyl (C=O) groups excluding carboxylic acids is 3. The zero-order valence-electron chi connectivity index (χ0n) is 37.8. The first-order valence-electron chi connectivity index (χ1n) is 22.9. The minimum Gasteiger partial charge on any atom is -0.470 e. The van der Waals surface area contributed by atoms with E-state index >= 15 is 4.39 Å². The highest BCUT2D eigenvalue weighted by molar-refractivity contribution is 5.85. The number of nitrogens with one attached hydrogen (secondary N) is 3. The number of carbonyl (C=O) groups is 3. The molecule has 15 nitrogen and oxygen atoms in total. The molecule has 342 valence electrons. The van der Waals surface area contributed by atoms with Crippen molar-refractivity contribution < 1.29 is 38.1 Å². The Balaban J connectivity index is 0.904. The number of methoxy groups -OCH3 is 2. The van der Waals surface area contributed by atoms with E-state index in [2.05, 4.69) is 77.4 Å². The summed E-state index contributed by atoms with van der Waals surface area (Å²) in [6.07, 6.45) is 11.6. The number of alkyl halides is 1. The van der Waals surface area contributed by atoms with Crippen LogP contribution in [0.25, 0.3) is 22.5 Å². The fourth-order valence-electron chi connectivity index (χ4n) is 11.0. The van der Waals surface area contributed by atoms with Crippen molar-refractivity contribution in [2.24, 2.45) is 29.1 Å². The Morgan fingerprint density at radius 1 is 1.03 bits per heavy atom. The molecule has 2 aromatic heterocycles. The van der Waals surface area contributed by atoms with Crippen molar-refractivity contribution in [2.75, 3.05) is 27.3 Å². The number of esters is 1. The predicted molar refractivity (Wildman–Crippen MR) is 236 cm³/mol. The normalized spacial score (nSPS) is 27.1. The average molecular weight is 881 g/mol. The molecule has 4 N–H and O–H groups in total. The van der Waals surface area contributed by atoms with E-state index in [-0.39, 0.29) is 66.2 Å². The van der Waals surface area contributed by atoms with Crippen LogP contribution in [0.3, 0.4) is 0 Å². The molecule has 2 saturated heterocycles. The molecule has 2 aliphatic carbocycles. The SMILES string of the molecule is COC(=O)CCCC(C(=O)N1CCCC1c1ncc(-c2ccc3c(c2)OC(C)N2C3=CC34CC3C(c3cnc(C5CC(F)CN5C(O)C(NC(=O)OC)C(C)C)[nH]3)=CC=C24)[nH]1)C(C)C. The van der Waals surface area contributed by atoms with E-state index in [1.807, 2.05) is 31.1 Å². The van der Waals surface area contributed by atoms with Gasteiger partial charge in [-0.15, -0.1) is 0 Å². The van der Waals surface area contributed by atoms with Crippen LogP contribution in [0.15, 0.2) is 54.5 Å². The molecule has 3 fully saturated rings. The Morgan fingerprint density at radius 3 is 2.52 bits per heavy atom. The van der Waals surface area contributed by atoms with Crippen LogP contribution in [0.1, 0.15) is 115 Å². The average Bonchev–Trinajstić information content (AvgIpc) is 3.94. The highest BCUT2D eigenvalue weighted by Gasteiger charge is 2.64. The second kappa shape index (κ2) is 17.1. The van der Waals surface area contributed by atoms with E-state index in [4.69, 9.17) is 24.2 Å². The lowest BCUT2D eigenvalue weighted by atomic mass is 9.89. The molecular weight excluding hydrogens is 820 g/mol. The first-order chi connectivity index (χ1) is 30.7. The van der Waals surface area contributed by atoms with E-state index in [0.717, 1.165) is 64.6 Å². The smallest absolute Gasteiger partial charge is 0.407 e. The third-order valence-electron chi connectivity index (χ3n) is 14.5. The molecule has 6 heterocycles. The largest absolute Gasteiger partial charge is 0.470 e. The first kappa shape index (κ1) is 43.8. The summed E-state index contributed by atoms with van der Waals surface area (Å²) >= 11 is 0. The number of amides is 2. The Kier molecular flexibility index (Phi) is 11.7. The third kappa shape index (κ3) is 7.69. The summed E-state index contributed by atoms with van der Waals surface area (Å²) in [4.78, 5) is 60.4. The molecule has 9 atom stereocenters. The molecule has 0 bridgehead atoms. The van der Waals surface area contributed by atoms with E-state index in [1.165, 1.54) is 19.9 Å². The van der Waals surface area contributed by atoms with Gasteiger partial charge in [0, 0.05) is 60.0 Å². The van der Waals surface area contributed by atoms with Crippen molar-refractivity contribution >= 4 is 29.2 Å². The number of aromatic amines is 2. The molecular formula is C48H61FN8O7. The number of allylic oxidation sites excluding steroid dienone is 4. The van der Waals surface area contributed by atoms with E-state index in [9.17, 15) is 19.5 Å². The molecule has 2 amide bonds. The summed E-state index contributed by atoms with van der Waals surface area (Å²) in [7, 11) is 2.66. The van der Waals surface area contributed by atoms with Crippen LogP contribution in [0.2, 0.25) is 0 Å². The number of alkyl carbamates (subject to hydrolysis) is 1. The lowest BCUT2D eigenvalue weighted by Crippen LogP contribution is -2.54. The number of halogens is 1. The maximum absolute atomic E-state index is 15.0. The number of rotatable bonds is 14. The third-order valence-corrected chi connectivity index (χ3v) is 14.5. The fourth-order valence-corrected chi connectivity index (χ4v) is 11.0. The summed E-state index contributed by atoms with van der Waals surface area (Å²) in [5, 5.41) is 14.2. The van der Waals surface area contributed by atoms with Gasteiger partial charge in [0.15, 0.2) is 6.23 Å². The van der Waals surface area contributed by atoms with Crippen LogP contribution in [0, 0.1) is 29.1 Å². The summed E-state index contributed by atoms with van der Waals surface area (Å²) in [6, 6.07) is 4.97. The molecule has 6 aliphatic rings. The number of ether oxygens (including phenoxy) is 3. The first-order valence-corrected chi connectivity index (χ1v) is 22.9. The quantitative estimate of drug-likeness (QED) is 0.120. The Bertz CT molecular complexity index is 2390. The number of fused-ring (bicyclic) bond motifs is 4. The molecule has 4 aliphatic heterocycles. The van der Waals surface area contributed by atoms with Crippen LogP contribution in [0.5, 0.6) is 5.75 Å². The lowest BCUT2D eigenvalue weighted by molar-refractivity contribution is -0.142. The Labute approximate surface area is 373 Å². The predicted octanol–water partition coefficient (Wildman–Crippen LogP) is 7.25. The van der Waals surface area contributed by atoms with Crippen LogP contribution in [-0.4, -0.2) is 110 Å². The van der Waals surface area contributed by atoms with Crippen molar-refractivity contribution in [1.29, 1.82) is 0 Å². The van der Waals surface area contributed by atoms with Crippen molar-refractivity contribution in [3.05, 3.63) is 77.4 Å². The fraction of sp³-hybridized carbons (Fsp3) is 0.562. The summed E-state index contributed by atoms with van der Waals surface area (Å²) < 4.78 is 31.3. The number of H-pyrrole nitrogens is 2. The van der Waals surface area contributed by atoms with Gasteiger partial charge in [-0.1, -0.05) is 39.8 Å². The van der Waals surface area contributed by atoms with Gasteiger partial charge in [0.25, 0.3) is 0 Å². The number of nitrogens with zero attached hydrogens (tertiary/aromatic N) is 5. The number of hydrogen-bond acceptors (Lipinski definition) is 11. The van der Waals surface area contributed by atoms with Gasteiger partial charge in [0.2, 0.25) is 5.91 Å². The second-order valence-corrected chi connectivity index (χ2v) is 19.0. The van der Waals surface area contributed by atoms with Crippen molar-refractivity contribution in [2.45, 2.75) is 116 Å². The van der Waals surface area contributed by atoms with Gasteiger partial charge in [-0.25, -0.2) is 19.2 Å². The van der Waals surface area contributed by atoms with Gasteiger partial charge in [-0.2, -0.15) is 0 Å². The maximum Gasteiger partial charge on any atom is 0.407 e.